The highest BCUT2D eigenvalue weighted by molar-refractivity contribution is 4.99. The van der Waals surface area contributed by atoms with Gasteiger partial charge in [-0.3, -0.25) is 0 Å². The maximum atomic E-state index is 12.8. The molecule has 1 fully saturated rings. The molecule has 5 heteroatoms. The molecule has 0 amide bonds. The Morgan fingerprint density at radius 3 is 1.45 bits per heavy atom. The van der Waals surface area contributed by atoms with Crippen LogP contribution in [-0.2, 0) is 4.74 Å². The summed E-state index contributed by atoms with van der Waals surface area (Å²) in [6, 6.07) is 0. The van der Waals surface area contributed by atoms with E-state index in [0.717, 1.165) is 13.8 Å². The molecule has 0 bridgehead atoms. The van der Waals surface area contributed by atoms with E-state index in [0.29, 0.717) is 0 Å². The number of halogens is 2. The molecule has 1 aliphatic rings. The standard InChI is InChI=1S/C6H10F2O3/c1-3-5(7,9)6(8,10)4(2)11-3/h3-4,9-10H,1-2H3. The van der Waals surface area contributed by atoms with Gasteiger partial charge in [0.25, 0.3) is 11.7 Å². The molecule has 0 spiro atoms. The van der Waals surface area contributed by atoms with Crippen molar-refractivity contribution in [3.05, 3.63) is 0 Å². The van der Waals surface area contributed by atoms with Crippen molar-refractivity contribution >= 4 is 0 Å². The maximum Gasteiger partial charge on any atom is 0.294 e. The van der Waals surface area contributed by atoms with Crippen molar-refractivity contribution in [3.63, 3.8) is 0 Å². The second-order valence-electron chi connectivity index (χ2n) is 2.77. The third-order valence-electron chi connectivity index (χ3n) is 1.98. The minimum absolute atomic E-state index is 1.15. The molecule has 2 N–H and O–H groups in total. The zero-order valence-electron chi connectivity index (χ0n) is 6.21. The SMILES string of the molecule is CC1OC(C)C(O)(F)C1(O)F. The van der Waals surface area contributed by atoms with E-state index in [1.807, 2.05) is 0 Å². The zero-order chi connectivity index (χ0) is 8.86. The molecule has 66 valence electrons. The van der Waals surface area contributed by atoms with Gasteiger partial charge in [-0.2, -0.15) is 0 Å². The van der Waals surface area contributed by atoms with E-state index in [2.05, 4.69) is 4.74 Å². The number of hydrogen-bond acceptors (Lipinski definition) is 3. The molecule has 0 aromatic rings. The van der Waals surface area contributed by atoms with Crippen LogP contribution in [0.3, 0.4) is 0 Å². The van der Waals surface area contributed by atoms with Gasteiger partial charge in [0.15, 0.2) is 0 Å². The van der Waals surface area contributed by atoms with E-state index in [1.165, 1.54) is 0 Å². The summed E-state index contributed by atoms with van der Waals surface area (Å²) in [5.74, 6) is -6.63. The molecule has 11 heavy (non-hydrogen) atoms. The van der Waals surface area contributed by atoms with Crippen molar-refractivity contribution in [1.29, 1.82) is 0 Å². The van der Waals surface area contributed by atoms with Crippen molar-refractivity contribution in [2.24, 2.45) is 0 Å². The smallest absolute Gasteiger partial charge is 0.294 e. The normalized spacial score (nSPS) is 58.4. The summed E-state index contributed by atoms with van der Waals surface area (Å²) in [6.07, 6.45) is -2.71. The first kappa shape index (κ1) is 8.83. The van der Waals surface area contributed by atoms with E-state index in [-0.39, 0.29) is 0 Å². The number of hydrogen-bond donors (Lipinski definition) is 2. The first-order valence-corrected chi connectivity index (χ1v) is 3.28. The monoisotopic (exact) mass is 168 g/mol. The molecule has 1 rings (SSSR count). The van der Waals surface area contributed by atoms with E-state index in [1.54, 1.807) is 0 Å². The predicted molar refractivity (Wildman–Crippen MR) is 32.1 cm³/mol. The van der Waals surface area contributed by atoms with E-state index in [9.17, 15) is 8.78 Å². The fraction of sp³-hybridized carbons (Fsp3) is 1.00. The van der Waals surface area contributed by atoms with Crippen molar-refractivity contribution in [3.8, 4) is 0 Å². The molecule has 3 nitrogen and oxygen atoms in total. The van der Waals surface area contributed by atoms with Crippen molar-refractivity contribution in [1.82, 2.24) is 0 Å². The lowest BCUT2D eigenvalue weighted by Crippen LogP contribution is -2.51. The summed E-state index contributed by atoms with van der Waals surface area (Å²) >= 11 is 0. The average molecular weight is 168 g/mol. The fourth-order valence-corrected chi connectivity index (χ4v) is 1.06. The second kappa shape index (κ2) is 2.12. The molecule has 1 heterocycles. The van der Waals surface area contributed by atoms with Crippen LogP contribution >= 0.6 is 0 Å². The van der Waals surface area contributed by atoms with Crippen molar-refractivity contribution < 1.29 is 23.7 Å². The first-order valence-electron chi connectivity index (χ1n) is 3.28. The van der Waals surface area contributed by atoms with Gasteiger partial charge in [-0.15, -0.1) is 0 Å². The summed E-state index contributed by atoms with van der Waals surface area (Å²) in [5.41, 5.74) is 0. The topological polar surface area (TPSA) is 49.7 Å². The summed E-state index contributed by atoms with van der Waals surface area (Å²) < 4.78 is 30.2. The van der Waals surface area contributed by atoms with Crippen LogP contribution in [0, 0.1) is 0 Å². The van der Waals surface area contributed by atoms with Gasteiger partial charge >= 0.3 is 0 Å². The van der Waals surface area contributed by atoms with Crippen LogP contribution in [0.15, 0.2) is 0 Å². The highest BCUT2D eigenvalue weighted by Crippen LogP contribution is 2.41. The zero-order valence-corrected chi connectivity index (χ0v) is 6.21. The number of aliphatic hydroxyl groups is 2. The lowest BCUT2D eigenvalue weighted by Gasteiger charge is -2.24. The third-order valence-corrected chi connectivity index (χ3v) is 1.98. The largest absolute Gasteiger partial charge is 0.363 e. The number of ether oxygens (including phenoxy) is 1. The van der Waals surface area contributed by atoms with Crippen LogP contribution in [0.25, 0.3) is 0 Å². The minimum Gasteiger partial charge on any atom is -0.363 e. The van der Waals surface area contributed by atoms with Gasteiger partial charge in [0.2, 0.25) is 0 Å². The predicted octanol–water partition coefficient (Wildman–Crippen LogP) is 0.110. The van der Waals surface area contributed by atoms with Gasteiger partial charge in [0, 0.05) is 0 Å². The second-order valence-corrected chi connectivity index (χ2v) is 2.77. The number of alkyl halides is 2. The Kier molecular flexibility index (Phi) is 1.70. The third kappa shape index (κ3) is 0.953. The van der Waals surface area contributed by atoms with Crippen LogP contribution in [0.1, 0.15) is 13.8 Å². The molecule has 4 unspecified atom stereocenters. The highest BCUT2D eigenvalue weighted by atomic mass is 19.2. The maximum absolute atomic E-state index is 12.8. The van der Waals surface area contributed by atoms with Gasteiger partial charge in [0.1, 0.15) is 12.2 Å². The van der Waals surface area contributed by atoms with Gasteiger partial charge in [-0.1, -0.05) is 0 Å². The van der Waals surface area contributed by atoms with Gasteiger partial charge in [-0.05, 0) is 13.8 Å². The van der Waals surface area contributed by atoms with Crippen LogP contribution in [0.4, 0.5) is 8.78 Å². The van der Waals surface area contributed by atoms with Gasteiger partial charge in [-0.25, -0.2) is 8.78 Å². The Hall–Kier alpha value is -0.260. The lowest BCUT2D eigenvalue weighted by atomic mass is 10.0. The molecule has 1 saturated heterocycles. The van der Waals surface area contributed by atoms with E-state index >= 15 is 0 Å². The Morgan fingerprint density at radius 1 is 1.09 bits per heavy atom. The van der Waals surface area contributed by atoms with Crippen molar-refractivity contribution in [2.75, 3.05) is 0 Å². The molecule has 0 aromatic heterocycles. The highest BCUT2D eigenvalue weighted by Gasteiger charge is 2.65. The average Bonchev–Trinajstić information content (AvgIpc) is 1.95. The summed E-state index contributed by atoms with van der Waals surface area (Å²) in [7, 11) is 0. The van der Waals surface area contributed by atoms with Crippen LogP contribution < -0.4 is 0 Å². The quantitative estimate of drug-likeness (QED) is 0.539. The van der Waals surface area contributed by atoms with Crippen LogP contribution in [-0.4, -0.2) is 34.1 Å². The molecule has 4 atom stereocenters. The summed E-state index contributed by atoms with van der Waals surface area (Å²) in [4.78, 5) is 0. The Labute approximate surface area is 62.6 Å². The molecule has 0 aromatic carbocycles. The summed E-state index contributed by atoms with van der Waals surface area (Å²) in [6.45, 7) is 2.29. The molecule has 0 radical (unpaired) electrons. The van der Waals surface area contributed by atoms with E-state index < -0.39 is 23.9 Å². The fourth-order valence-electron chi connectivity index (χ4n) is 1.06. The van der Waals surface area contributed by atoms with Crippen LogP contribution in [0.5, 0.6) is 0 Å². The molecular formula is C6H10F2O3. The molecule has 0 saturated carbocycles. The Balaban J connectivity index is 2.95. The van der Waals surface area contributed by atoms with Gasteiger partial charge in [0.05, 0.1) is 0 Å². The molecule has 1 aliphatic heterocycles. The summed E-state index contributed by atoms with van der Waals surface area (Å²) in [5, 5.41) is 17.5. The Morgan fingerprint density at radius 2 is 1.36 bits per heavy atom. The lowest BCUT2D eigenvalue weighted by molar-refractivity contribution is -0.276. The van der Waals surface area contributed by atoms with Gasteiger partial charge < -0.3 is 14.9 Å². The number of rotatable bonds is 0. The van der Waals surface area contributed by atoms with Crippen LogP contribution in [0.2, 0.25) is 0 Å². The molecule has 0 aliphatic carbocycles. The van der Waals surface area contributed by atoms with E-state index in [4.69, 9.17) is 10.2 Å². The minimum atomic E-state index is -3.31. The van der Waals surface area contributed by atoms with Crippen molar-refractivity contribution in [2.45, 2.75) is 37.8 Å². The Bertz CT molecular complexity index is 151. The first-order chi connectivity index (χ1) is 4.80. The molecular weight excluding hydrogens is 158 g/mol.